The van der Waals surface area contributed by atoms with Crippen molar-refractivity contribution in [1.82, 2.24) is 4.90 Å². The summed E-state index contributed by atoms with van der Waals surface area (Å²) in [5, 5.41) is 18.9. The third-order valence-electron chi connectivity index (χ3n) is 3.99. The molecule has 4 nitrogen and oxygen atoms in total. The van der Waals surface area contributed by atoms with Gasteiger partial charge in [-0.3, -0.25) is 4.79 Å². The molecule has 0 radical (unpaired) electrons. The number of benzene rings is 1. The summed E-state index contributed by atoms with van der Waals surface area (Å²) in [6.45, 7) is 2.92. The van der Waals surface area contributed by atoms with E-state index in [0.717, 1.165) is 0 Å². The van der Waals surface area contributed by atoms with Crippen LogP contribution in [0, 0.1) is 18.3 Å². The van der Waals surface area contributed by atoms with Crippen LogP contribution in [0.3, 0.4) is 0 Å². The van der Waals surface area contributed by atoms with E-state index in [2.05, 4.69) is 6.07 Å². The lowest BCUT2D eigenvalue weighted by Crippen LogP contribution is -2.44. The number of carbonyl (C=O) groups excluding carboxylic acids is 1. The molecule has 1 heterocycles. The predicted molar refractivity (Wildman–Crippen MR) is 79.8 cm³/mol. The molecule has 0 unspecified atom stereocenters. The minimum absolute atomic E-state index is 0.0638. The number of amides is 1. The van der Waals surface area contributed by atoms with Crippen molar-refractivity contribution in [3.63, 3.8) is 0 Å². The van der Waals surface area contributed by atoms with E-state index in [-0.39, 0.29) is 16.4 Å². The number of carbonyl (C=O) groups is 1. The summed E-state index contributed by atoms with van der Waals surface area (Å²) in [4.78, 5) is 14.3. The third-order valence-corrected chi connectivity index (χ3v) is 5.27. The lowest BCUT2D eigenvalue weighted by Gasteiger charge is -2.36. The van der Waals surface area contributed by atoms with Gasteiger partial charge in [0.25, 0.3) is 5.91 Å². The SMILES string of the molecule is CSC1(C#N)CCN(C(=O)c2cccc(O)c2C)CC1. The first-order chi connectivity index (χ1) is 9.53. The van der Waals surface area contributed by atoms with Crippen molar-refractivity contribution < 1.29 is 9.90 Å². The topological polar surface area (TPSA) is 64.3 Å². The van der Waals surface area contributed by atoms with Gasteiger partial charge in [-0.2, -0.15) is 5.26 Å². The van der Waals surface area contributed by atoms with Crippen LogP contribution in [0.2, 0.25) is 0 Å². The van der Waals surface area contributed by atoms with Gasteiger partial charge in [0.05, 0.1) is 6.07 Å². The Morgan fingerprint density at radius 2 is 2.10 bits per heavy atom. The minimum atomic E-state index is -0.356. The molecule has 2 rings (SSSR count). The van der Waals surface area contributed by atoms with E-state index in [1.807, 2.05) is 6.26 Å². The first-order valence-electron chi connectivity index (χ1n) is 6.57. The zero-order valence-corrected chi connectivity index (χ0v) is 12.5. The van der Waals surface area contributed by atoms with Crippen LogP contribution in [0.1, 0.15) is 28.8 Å². The van der Waals surface area contributed by atoms with Crippen molar-refractivity contribution in [1.29, 1.82) is 5.26 Å². The second kappa shape index (κ2) is 5.76. The number of nitrogens with zero attached hydrogens (tertiary/aromatic N) is 2. The van der Waals surface area contributed by atoms with Crippen LogP contribution in [-0.4, -0.2) is 40.0 Å². The van der Waals surface area contributed by atoms with Crippen LogP contribution in [0.25, 0.3) is 0 Å². The van der Waals surface area contributed by atoms with Gasteiger partial charge in [-0.1, -0.05) is 6.07 Å². The highest BCUT2D eigenvalue weighted by Crippen LogP contribution is 2.34. The molecule has 1 aromatic rings. The molecule has 1 aliphatic heterocycles. The number of piperidine rings is 1. The fourth-order valence-corrected chi connectivity index (χ4v) is 3.14. The normalized spacial score (nSPS) is 17.6. The Hall–Kier alpha value is -1.67. The Morgan fingerprint density at radius 1 is 1.45 bits per heavy atom. The standard InChI is InChI=1S/C15H18N2O2S/c1-11-12(4-3-5-13(11)18)14(19)17-8-6-15(10-16,20-2)7-9-17/h3-5,18H,6-9H2,1-2H3. The number of hydrogen-bond donors (Lipinski definition) is 1. The highest BCUT2D eigenvalue weighted by atomic mass is 32.2. The maximum Gasteiger partial charge on any atom is 0.254 e. The van der Waals surface area contributed by atoms with Crippen molar-refractivity contribution in [2.24, 2.45) is 0 Å². The summed E-state index contributed by atoms with van der Waals surface area (Å²) >= 11 is 1.57. The Kier molecular flexibility index (Phi) is 4.24. The fourth-order valence-electron chi connectivity index (χ4n) is 2.46. The van der Waals surface area contributed by atoms with E-state index in [1.165, 1.54) is 0 Å². The second-order valence-corrected chi connectivity index (χ2v) is 6.24. The number of thioether (sulfide) groups is 1. The Bertz CT molecular complexity index is 557. The summed E-state index contributed by atoms with van der Waals surface area (Å²) in [5.41, 5.74) is 1.15. The van der Waals surface area contributed by atoms with E-state index >= 15 is 0 Å². The fraction of sp³-hybridized carbons (Fsp3) is 0.467. The number of nitriles is 1. The second-order valence-electron chi connectivity index (χ2n) is 5.05. The van der Waals surface area contributed by atoms with Gasteiger partial charge in [-0.25, -0.2) is 0 Å². The smallest absolute Gasteiger partial charge is 0.254 e. The summed E-state index contributed by atoms with van der Waals surface area (Å²) < 4.78 is -0.356. The summed E-state index contributed by atoms with van der Waals surface area (Å²) in [5.74, 6) is 0.0781. The van der Waals surface area contributed by atoms with Gasteiger partial charge in [0.1, 0.15) is 10.5 Å². The Balaban J connectivity index is 2.13. The molecule has 5 heteroatoms. The number of hydrogen-bond acceptors (Lipinski definition) is 4. The molecule has 1 fully saturated rings. The maximum absolute atomic E-state index is 12.5. The number of phenols is 1. The largest absolute Gasteiger partial charge is 0.508 e. The summed E-state index contributed by atoms with van der Waals surface area (Å²) in [7, 11) is 0. The lowest BCUT2D eigenvalue weighted by molar-refractivity contribution is 0.0715. The molecule has 0 aromatic heterocycles. The zero-order valence-electron chi connectivity index (χ0n) is 11.7. The van der Waals surface area contributed by atoms with Gasteiger partial charge in [0, 0.05) is 24.2 Å². The highest BCUT2D eigenvalue weighted by molar-refractivity contribution is 8.00. The van der Waals surface area contributed by atoms with E-state index in [9.17, 15) is 15.2 Å². The van der Waals surface area contributed by atoms with Crippen LogP contribution in [0.4, 0.5) is 0 Å². The summed E-state index contributed by atoms with van der Waals surface area (Å²) in [6, 6.07) is 7.37. The molecular weight excluding hydrogens is 272 g/mol. The molecule has 0 saturated carbocycles. The number of phenolic OH excluding ortho intramolecular Hbond substituents is 1. The first kappa shape index (κ1) is 14.7. The predicted octanol–water partition coefficient (Wildman–Crippen LogP) is 2.56. The molecule has 0 spiro atoms. The third kappa shape index (κ3) is 2.61. The first-order valence-corrected chi connectivity index (χ1v) is 7.80. The van der Waals surface area contributed by atoms with Crippen molar-refractivity contribution in [3.8, 4) is 11.8 Å². The molecule has 106 valence electrons. The molecule has 20 heavy (non-hydrogen) atoms. The van der Waals surface area contributed by atoms with Gasteiger partial charge in [0.2, 0.25) is 0 Å². The van der Waals surface area contributed by atoms with E-state index in [1.54, 1.807) is 41.8 Å². The van der Waals surface area contributed by atoms with E-state index in [0.29, 0.717) is 37.1 Å². The molecule has 0 bridgehead atoms. The molecule has 1 N–H and O–H groups in total. The molecule has 1 saturated heterocycles. The molecule has 0 aliphatic carbocycles. The molecular formula is C15H18N2O2S. The van der Waals surface area contributed by atoms with Crippen molar-refractivity contribution >= 4 is 17.7 Å². The van der Waals surface area contributed by atoms with Gasteiger partial charge >= 0.3 is 0 Å². The Labute approximate surface area is 123 Å². The average molecular weight is 290 g/mol. The van der Waals surface area contributed by atoms with Crippen LogP contribution in [0.5, 0.6) is 5.75 Å². The van der Waals surface area contributed by atoms with Crippen LogP contribution in [-0.2, 0) is 0 Å². The lowest BCUT2D eigenvalue weighted by atomic mass is 9.96. The zero-order chi connectivity index (χ0) is 14.8. The quantitative estimate of drug-likeness (QED) is 0.909. The van der Waals surface area contributed by atoms with Crippen LogP contribution in [0.15, 0.2) is 18.2 Å². The molecule has 1 amide bonds. The molecule has 1 aromatic carbocycles. The van der Waals surface area contributed by atoms with Gasteiger partial charge in [0.15, 0.2) is 0 Å². The van der Waals surface area contributed by atoms with Crippen LogP contribution >= 0.6 is 11.8 Å². The monoisotopic (exact) mass is 290 g/mol. The number of aromatic hydroxyl groups is 1. The van der Waals surface area contributed by atoms with E-state index < -0.39 is 0 Å². The molecule has 1 aliphatic rings. The van der Waals surface area contributed by atoms with Gasteiger partial charge < -0.3 is 10.0 Å². The van der Waals surface area contributed by atoms with Crippen molar-refractivity contribution in [3.05, 3.63) is 29.3 Å². The van der Waals surface area contributed by atoms with Gasteiger partial charge in [-0.15, -0.1) is 11.8 Å². The van der Waals surface area contributed by atoms with Crippen molar-refractivity contribution in [2.45, 2.75) is 24.5 Å². The number of likely N-dealkylation sites (tertiary alicyclic amines) is 1. The minimum Gasteiger partial charge on any atom is -0.508 e. The molecule has 0 atom stereocenters. The van der Waals surface area contributed by atoms with E-state index in [4.69, 9.17) is 0 Å². The highest BCUT2D eigenvalue weighted by Gasteiger charge is 2.35. The van der Waals surface area contributed by atoms with Crippen LogP contribution < -0.4 is 0 Å². The maximum atomic E-state index is 12.5. The average Bonchev–Trinajstić information content (AvgIpc) is 2.49. The van der Waals surface area contributed by atoms with Gasteiger partial charge in [-0.05, 0) is 38.2 Å². The van der Waals surface area contributed by atoms with Crippen molar-refractivity contribution in [2.75, 3.05) is 19.3 Å². The Morgan fingerprint density at radius 3 is 2.65 bits per heavy atom. The summed E-state index contributed by atoms with van der Waals surface area (Å²) in [6.07, 6.45) is 3.32. The number of rotatable bonds is 2.